The fourth-order valence-electron chi connectivity index (χ4n) is 2.45. The Morgan fingerprint density at radius 1 is 1.56 bits per heavy atom. The van der Waals surface area contributed by atoms with Crippen LogP contribution in [-0.4, -0.2) is 60.1 Å². The van der Waals surface area contributed by atoms with E-state index in [1.165, 1.54) is 11.3 Å². The number of aliphatic hydroxyl groups is 1. The van der Waals surface area contributed by atoms with Gasteiger partial charge in [-0.15, -0.1) is 11.3 Å². The van der Waals surface area contributed by atoms with Crippen molar-refractivity contribution in [1.82, 2.24) is 9.80 Å². The Hall–Kier alpha value is -0.910. The fourth-order valence-corrected chi connectivity index (χ4v) is 3.29. The van der Waals surface area contributed by atoms with E-state index in [0.29, 0.717) is 26.1 Å². The fraction of sp³-hybridized carbons (Fsp3) is 0.615. The van der Waals surface area contributed by atoms with Gasteiger partial charge in [0.05, 0.1) is 17.0 Å². The normalized spacial score (nSPS) is 23.9. The van der Waals surface area contributed by atoms with Crippen molar-refractivity contribution in [3.63, 3.8) is 0 Å². The second-order valence-corrected chi connectivity index (χ2v) is 6.64. The van der Waals surface area contributed by atoms with Gasteiger partial charge in [0.2, 0.25) is 0 Å². The van der Waals surface area contributed by atoms with Gasteiger partial charge in [-0.2, -0.15) is 0 Å². The number of hydrogen-bond acceptors (Lipinski definition) is 4. The molecule has 1 unspecified atom stereocenters. The number of rotatable bonds is 3. The molecule has 0 saturated carbocycles. The molecule has 4 nitrogen and oxygen atoms in total. The van der Waals surface area contributed by atoms with Crippen LogP contribution in [0.4, 0.5) is 0 Å². The van der Waals surface area contributed by atoms with Crippen LogP contribution in [-0.2, 0) is 0 Å². The zero-order valence-corrected chi connectivity index (χ0v) is 12.0. The topological polar surface area (TPSA) is 43.8 Å². The number of hydrogen-bond donors (Lipinski definition) is 1. The van der Waals surface area contributed by atoms with Crippen LogP contribution < -0.4 is 0 Å². The van der Waals surface area contributed by atoms with Crippen molar-refractivity contribution in [2.45, 2.75) is 18.9 Å². The minimum absolute atomic E-state index is 0.0442. The van der Waals surface area contributed by atoms with E-state index in [9.17, 15) is 9.90 Å². The first-order valence-electron chi connectivity index (χ1n) is 6.12. The van der Waals surface area contributed by atoms with Crippen molar-refractivity contribution < 1.29 is 9.90 Å². The van der Waals surface area contributed by atoms with E-state index in [1.807, 2.05) is 38.1 Å². The van der Waals surface area contributed by atoms with Crippen LogP contribution in [0.2, 0.25) is 0 Å². The standard InChI is InChI=1S/C13H20N2O2S/c1-10-4-5-11(18-10)12(16)15-7-6-13(17,9-15)8-14(2)3/h4-5,17H,6-9H2,1-3H3. The third kappa shape index (κ3) is 2.91. The van der Waals surface area contributed by atoms with Gasteiger partial charge >= 0.3 is 0 Å². The molecule has 18 heavy (non-hydrogen) atoms. The molecule has 1 amide bonds. The Bertz CT molecular complexity index is 444. The molecule has 1 fully saturated rings. The molecule has 2 heterocycles. The van der Waals surface area contributed by atoms with E-state index < -0.39 is 5.60 Å². The average molecular weight is 268 g/mol. The van der Waals surface area contributed by atoms with Gasteiger partial charge in [0.1, 0.15) is 0 Å². The van der Waals surface area contributed by atoms with Crippen LogP contribution in [0.15, 0.2) is 12.1 Å². The molecule has 0 spiro atoms. The highest BCUT2D eigenvalue weighted by atomic mass is 32.1. The summed E-state index contributed by atoms with van der Waals surface area (Å²) in [7, 11) is 3.87. The Morgan fingerprint density at radius 3 is 2.83 bits per heavy atom. The zero-order chi connectivity index (χ0) is 13.3. The lowest BCUT2D eigenvalue weighted by Gasteiger charge is -2.26. The second kappa shape index (κ2) is 4.99. The number of aryl methyl sites for hydroxylation is 1. The van der Waals surface area contributed by atoms with Gasteiger partial charge in [-0.25, -0.2) is 0 Å². The number of β-amino-alcohol motifs (C(OH)–C–C–N with tert-alkyl or cyclic N) is 1. The summed E-state index contributed by atoms with van der Waals surface area (Å²) in [5, 5.41) is 10.4. The van der Waals surface area contributed by atoms with Gasteiger partial charge in [0.25, 0.3) is 5.91 Å². The summed E-state index contributed by atoms with van der Waals surface area (Å²) in [6, 6.07) is 3.83. The number of carbonyl (C=O) groups excluding carboxylic acids is 1. The predicted octanol–water partition coefficient (Wildman–Crippen LogP) is 1.20. The number of carbonyl (C=O) groups is 1. The van der Waals surface area contributed by atoms with Crippen LogP contribution in [0.1, 0.15) is 21.0 Å². The van der Waals surface area contributed by atoms with E-state index in [2.05, 4.69) is 0 Å². The van der Waals surface area contributed by atoms with Crippen molar-refractivity contribution >= 4 is 17.2 Å². The second-order valence-electron chi connectivity index (χ2n) is 5.35. The first-order valence-corrected chi connectivity index (χ1v) is 6.94. The third-order valence-corrected chi connectivity index (χ3v) is 4.17. The number of nitrogens with zero attached hydrogens (tertiary/aromatic N) is 2. The molecule has 0 radical (unpaired) electrons. The van der Waals surface area contributed by atoms with Gasteiger partial charge < -0.3 is 14.9 Å². The lowest BCUT2D eigenvalue weighted by atomic mass is 10.0. The molecule has 2 rings (SSSR count). The Balaban J connectivity index is 2.02. The SMILES string of the molecule is Cc1ccc(C(=O)N2CCC(O)(CN(C)C)C2)s1. The van der Waals surface area contributed by atoms with Crippen LogP contribution in [0.3, 0.4) is 0 Å². The van der Waals surface area contributed by atoms with E-state index in [4.69, 9.17) is 0 Å². The molecule has 1 aliphatic rings. The molecular weight excluding hydrogens is 248 g/mol. The molecule has 5 heteroatoms. The monoisotopic (exact) mass is 268 g/mol. The lowest BCUT2D eigenvalue weighted by Crippen LogP contribution is -2.43. The molecule has 0 aromatic carbocycles. The molecule has 1 aromatic heterocycles. The van der Waals surface area contributed by atoms with Crippen molar-refractivity contribution in [2.75, 3.05) is 33.7 Å². The number of likely N-dealkylation sites (N-methyl/N-ethyl adjacent to an activating group) is 1. The maximum atomic E-state index is 12.2. The summed E-state index contributed by atoms with van der Waals surface area (Å²) in [5.41, 5.74) is -0.758. The van der Waals surface area contributed by atoms with Crippen LogP contribution in [0.5, 0.6) is 0 Å². The highest BCUT2D eigenvalue weighted by Gasteiger charge is 2.38. The largest absolute Gasteiger partial charge is 0.387 e. The van der Waals surface area contributed by atoms with Crippen molar-refractivity contribution in [2.24, 2.45) is 0 Å². The number of amides is 1. The number of likely N-dealkylation sites (tertiary alicyclic amines) is 1. The first kappa shape index (κ1) is 13.5. The molecule has 1 aromatic rings. The molecule has 0 bridgehead atoms. The quantitative estimate of drug-likeness (QED) is 0.895. The Morgan fingerprint density at radius 2 is 2.28 bits per heavy atom. The molecule has 1 saturated heterocycles. The maximum Gasteiger partial charge on any atom is 0.264 e. The highest BCUT2D eigenvalue weighted by molar-refractivity contribution is 7.13. The summed E-state index contributed by atoms with van der Waals surface area (Å²) in [6.07, 6.45) is 0.654. The van der Waals surface area contributed by atoms with Crippen molar-refractivity contribution in [1.29, 1.82) is 0 Å². The summed E-state index contributed by atoms with van der Waals surface area (Å²) in [6.45, 7) is 3.66. The van der Waals surface area contributed by atoms with Crippen molar-refractivity contribution in [3.8, 4) is 0 Å². The zero-order valence-electron chi connectivity index (χ0n) is 11.1. The van der Waals surface area contributed by atoms with Gasteiger partial charge in [-0.1, -0.05) is 0 Å². The van der Waals surface area contributed by atoms with E-state index >= 15 is 0 Å². The van der Waals surface area contributed by atoms with Crippen LogP contribution >= 0.6 is 11.3 Å². The molecule has 100 valence electrons. The summed E-state index contributed by atoms with van der Waals surface area (Å²) in [5.74, 6) is 0.0442. The van der Waals surface area contributed by atoms with E-state index in [1.54, 1.807) is 4.90 Å². The number of thiophene rings is 1. The van der Waals surface area contributed by atoms with Gasteiger partial charge in [0, 0.05) is 18.0 Å². The smallest absolute Gasteiger partial charge is 0.264 e. The van der Waals surface area contributed by atoms with Crippen LogP contribution in [0, 0.1) is 6.92 Å². The minimum atomic E-state index is -0.758. The Labute approximate surface area is 112 Å². The average Bonchev–Trinajstić information content (AvgIpc) is 2.83. The molecule has 0 aliphatic carbocycles. The first-order chi connectivity index (χ1) is 8.39. The third-order valence-electron chi connectivity index (χ3n) is 3.18. The summed E-state index contributed by atoms with van der Waals surface area (Å²) in [4.78, 5) is 17.9. The predicted molar refractivity (Wildman–Crippen MR) is 73.1 cm³/mol. The van der Waals surface area contributed by atoms with Crippen molar-refractivity contribution in [3.05, 3.63) is 21.9 Å². The highest BCUT2D eigenvalue weighted by Crippen LogP contribution is 2.25. The summed E-state index contributed by atoms with van der Waals surface area (Å²) < 4.78 is 0. The van der Waals surface area contributed by atoms with E-state index in [-0.39, 0.29) is 5.91 Å². The van der Waals surface area contributed by atoms with Crippen LogP contribution in [0.25, 0.3) is 0 Å². The lowest BCUT2D eigenvalue weighted by molar-refractivity contribution is 0.0237. The van der Waals surface area contributed by atoms with Gasteiger partial charge in [-0.3, -0.25) is 4.79 Å². The Kier molecular flexibility index (Phi) is 3.75. The van der Waals surface area contributed by atoms with E-state index in [0.717, 1.165) is 9.75 Å². The minimum Gasteiger partial charge on any atom is -0.387 e. The maximum absolute atomic E-state index is 12.2. The molecule has 1 N–H and O–H groups in total. The molecule has 1 aliphatic heterocycles. The van der Waals surface area contributed by atoms with Gasteiger partial charge in [0.15, 0.2) is 0 Å². The molecular formula is C13H20N2O2S. The van der Waals surface area contributed by atoms with Gasteiger partial charge in [-0.05, 0) is 39.6 Å². The molecule has 1 atom stereocenters. The summed E-state index contributed by atoms with van der Waals surface area (Å²) >= 11 is 1.51.